The van der Waals surface area contributed by atoms with Gasteiger partial charge in [-0.05, 0) is 27.2 Å². The standard InChI is InChI=1S/C14H25N3O3/c1-14(2,3)20-13(18)17-6-5-15-12(9-17)16-8-11-4-7-19-10-11/h11H,4-10H2,1-3H3,(H,15,16). The Balaban J connectivity index is 1.78. The van der Waals surface area contributed by atoms with Gasteiger partial charge in [-0.2, -0.15) is 0 Å². The van der Waals surface area contributed by atoms with E-state index in [1.54, 1.807) is 4.90 Å². The van der Waals surface area contributed by atoms with Crippen molar-refractivity contribution in [1.82, 2.24) is 10.2 Å². The average Bonchev–Trinajstić information content (AvgIpc) is 2.88. The Morgan fingerprint density at radius 1 is 1.55 bits per heavy atom. The molecule has 2 aliphatic heterocycles. The van der Waals surface area contributed by atoms with Gasteiger partial charge in [-0.25, -0.2) is 4.79 Å². The predicted octanol–water partition coefficient (Wildman–Crippen LogP) is 1.26. The van der Waals surface area contributed by atoms with Crippen LogP contribution < -0.4 is 5.32 Å². The highest BCUT2D eigenvalue weighted by atomic mass is 16.6. The fourth-order valence-corrected chi connectivity index (χ4v) is 2.22. The number of carbonyl (C=O) groups is 1. The van der Waals surface area contributed by atoms with Crippen molar-refractivity contribution in [2.75, 3.05) is 39.4 Å². The zero-order valence-corrected chi connectivity index (χ0v) is 12.6. The van der Waals surface area contributed by atoms with E-state index >= 15 is 0 Å². The van der Waals surface area contributed by atoms with E-state index in [2.05, 4.69) is 10.3 Å². The first-order chi connectivity index (χ1) is 9.44. The summed E-state index contributed by atoms with van der Waals surface area (Å²) in [5, 5.41) is 3.33. The van der Waals surface area contributed by atoms with Gasteiger partial charge in [-0.3, -0.25) is 9.89 Å². The quantitative estimate of drug-likeness (QED) is 0.829. The number of carbonyl (C=O) groups excluding carboxylic acids is 1. The number of ether oxygens (including phenoxy) is 2. The van der Waals surface area contributed by atoms with E-state index in [4.69, 9.17) is 9.47 Å². The van der Waals surface area contributed by atoms with Crippen molar-refractivity contribution in [3.05, 3.63) is 0 Å². The summed E-state index contributed by atoms with van der Waals surface area (Å²) in [7, 11) is 0. The van der Waals surface area contributed by atoms with E-state index in [0.717, 1.165) is 32.0 Å². The molecule has 0 bridgehead atoms. The van der Waals surface area contributed by atoms with Crippen LogP contribution >= 0.6 is 0 Å². The fraction of sp³-hybridized carbons (Fsp3) is 0.857. The molecule has 0 aromatic carbocycles. The summed E-state index contributed by atoms with van der Waals surface area (Å²) in [5.41, 5.74) is -0.458. The van der Waals surface area contributed by atoms with Crippen molar-refractivity contribution >= 4 is 11.9 Å². The zero-order valence-electron chi connectivity index (χ0n) is 12.6. The van der Waals surface area contributed by atoms with Crippen LogP contribution in [0.3, 0.4) is 0 Å². The molecule has 1 unspecified atom stereocenters. The van der Waals surface area contributed by atoms with Gasteiger partial charge in [0, 0.05) is 25.6 Å². The molecule has 1 saturated heterocycles. The maximum absolute atomic E-state index is 12.0. The molecule has 20 heavy (non-hydrogen) atoms. The van der Waals surface area contributed by atoms with Crippen LogP contribution in [-0.4, -0.2) is 61.8 Å². The van der Waals surface area contributed by atoms with Gasteiger partial charge in [0.25, 0.3) is 0 Å². The van der Waals surface area contributed by atoms with Gasteiger partial charge in [0.05, 0.1) is 19.7 Å². The van der Waals surface area contributed by atoms with E-state index in [9.17, 15) is 4.79 Å². The number of amides is 1. The van der Waals surface area contributed by atoms with Crippen LogP contribution in [0.2, 0.25) is 0 Å². The molecule has 2 heterocycles. The van der Waals surface area contributed by atoms with Crippen molar-refractivity contribution in [3.63, 3.8) is 0 Å². The first-order valence-electron chi connectivity index (χ1n) is 7.27. The molecular weight excluding hydrogens is 258 g/mol. The van der Waals surface area contributed by atoms with Crippen LogP contribution in [0.5, 0.6) is 0 Å². The number of nitrogens with zero attached hydrogens (tertiary/aromatic N) is 2. The number of hydrogen-bond donors (Lipinski definition) is 1. The normalized spacial score (nSPS) is 23.4. The lowest BCUT2D eigenvalue weighted by atomic mass is 10.1. The monoisotopic (exact) mass is 283 g/mol. The Labute approximate surface area is 120 Å². The van der Waals surface area contributed by atoms with E-state index in [0.29, 0.717) is 25.6 Å². The molecule has 1 N–H and O–H groups in total. The molecule has 2 aliphatic rings. The Morgan fingerprint density at radius 3 is 3.00 bits per heavy atom. The van der Waals surface area contributed by atoms with Gasteiger partial charge < -0.3 is 14.8 Å². The van der Waals surface area contributed by atoms with Gasteiger partial charge in [0.15, 0.2) is 0 Å². The predicted molar refractivity (Wildman–Crippen MR) is 77.0 cm³/mol. The van der Waals surface area contributed by atoms with Crippen LogP contribution in [-0.2, 0) is 9.47 Å². The van der Waals surface area contributed by atoms with Crippen LogP contribution in [0.15, 0.2) is 4.99 Å². The Bertz CT molecular complexity index is 370. The topological polar surface area (TPSA) is 63.2 Å². The van der Waals surface area contributed by atoms with E-state index in [1.807, 2.05) is 20.8 Å². The van der Waals surface area contributed by atoms with Crippen molar-refractivity contribution in [2.24, 2.45) is 10.9 Å². The van der Waals surface area contributed by atoms with Gasteiger partial charge in [0.2, 0.25) is 0 Å². The van der Waals surface area contributed by atoms with E-state index in [-0.39, 0.29) is 6.09 Å². The summed E-state index contributed by atoms with van der Waals surface area (Å²) in [4.78, 5) is 18.2. The lowest BCUT2D eigenvalue weighted by molar-refractivity contribution is 0.0276. The molecule has 6 nitrogen and oxygen atoms in total. The summed E-state index contributed by atoms with van der Waals surface area (Å²) in [5.74, 6) is 1.42. The second-order valence-electron chi connectivity index (χ2n) is 6.34. The second kappa shape index (κ2) is 6.43. The second-order valence-corrected chi connectivity index (χ2v) is 6.34. The van der Waals surface area contributed by atoms with Crippen molar-refractivity contribution in [3.8, 4) is 0 Å². The van der Waals surface area contributed by atoms with Gasteiger partial charge in [-0.1, -0.05) is 0 Å². The number of nitrogens with one attached hydrogen (secondary N) is 1. The largest absolute Gasteiger partial charge is 0.444 e. The molecule has 0 aromatic rings. The highest BCUT2D eigenvalue weighted by molar-refractivity contribution is 5.87. The lowest BCUT2D eigenvalue weighted by Gasteiger charge is -2.30. The van der Waals surface area contributed by atoms with Crippen molar-refractivity contribution in [1.29, 1.82) is 0 Å². The zero-order chi connectivity index (χ0) is 14.6. The van der Waals surface area contributed by atoms with Crippen LogP contribution in [0.1, 0.15) is 27.2 Å². The molecule has 1 atom stereocenters. The van der Waals surface area contributed by atoms with Gasteiger partial charge >= 0.3 is 6.09 Å². The lowest BCUT2D eigenvalue weighted by Crippen LogP contribution is -2.47. The third-order valence-electron chi connectivity index (χ3n) is 3.28. The Morgan fingerprint density at radius 2 is 2.35 bits per heavy atom. The number of hydrogen-bond acceptors (Lipinski definition) is 5. The molecule has 2 rings (SSSR count). The number of amidine groups is 1. The van der Waals surface area contributed by atoms with Crippen LogP contribution in [0.25, 0.3) is 0 Å². The maximum atomic E-state index is 12.0. The molecule has 114 valence electrons. The molecule has 1 amide bonds. The fourth-order valence-electron chi connectivity index (χ4n) is 2.22. The first-order valence-corrected chi connectivity index (χ1v) is 7.27. The summed E-state index contributed by atoms with van der Waals surface area (Å²) in [6.45, 7) is 9.91. The third kappa shape index (κ3) is 4.67. The van der Waals surface area contributed by atoms with Crippen molar-refractivity contribution < 1.29 is 14.3 Å². The van der Waals surface area contributed by atoms with Crippen LogP contribution in [0, 0.1) is 5.92 Å². The van der Waals surface area contributed by atoms with Crippen LogP contribution in [0.4, 0.5) is 4.79 Å². The highest BCUT2D eigenvalue weighted by Crippen LogP contribution is 2.12. The van der Waals surface area contributed by atoms with E-state index in [1.165, 1.54) is 0 Å². The molecule has 1 fully saturated rings. The van der Waals surface area contributed by atoms with Gasteiger partial charge in [-0.15, -0.1) is 0 Å². The summed E-state index contributed by atoms with van der Waals surface area (Å²) in [6.07, 6.45) is 0.826. The Hall–Kier alpha value is -1.30. The molecule has 0 aromatic heterocycles. The molecule has 0 aliphatic carbocycles. The minimum atomic E-state index is -0.458. The molecular formula is C14H25N3O3. The summed E-state index contributed by atoms with van der Waals surface area (Å²) < 4.78 is 10.7. The summed E-state index contributed by atoms with van der Waals surface area (Å²) >= 11 is 0. The minimum Gasteiger partial charge on any atom is -0.444 e. The minimum absolute atomic E-state index is 0.268. The number of rotatable bonds is 2. The smallest absolute Gasteiger partial charge is 0.410 e. The Kier molecular flexibility index (Phi) is 4.86. The SMILES string of the molecule is CC(C)(C)OC(=O)N1CCN=C(NCC2CCOC2)C1. The molecule has 6 heteroatoms. The van der Waals surface area contributed by atoms with Gasteiger partial charge in [0.1, 0.15) is 11.4 Å². The highest BCUT2D eigenvalue weighted by Gasteiger charge is 2.25. The maximum Gasteiger partial charge on any atom is 0.410 e. The molecule has 0 saturated carbocycles. The van der Waals surface area contributed by atoms with Crippen molar-refractivity contribution in [2.45, 2.75) is 32.8 Å². The summed E-state index contributed by atoms with van der Waals surface area (Å²) in [6, 6.07) is 0. The first kappa shape index (κ1) is 15.1. The number of aliphatic imine (C=N–C) groups is 1. The average molecular weight is 283 g/mol. The molecule has 0 radical (unpaired) electrons. The molecule has 0 spiro atoms. The van der Waals surface area contributed by atoms with E-state index < -0.39 is 5.60 Å². The third-order valence-corrected chi connectivity index (χ3v) is 3.28.